The van der Waals surface area contributed by atoms with Crippen molar-refractivity contribution in [2.45, 2.75) is 40.2 Å². The zero-order chi connectivity index (χ0) is 22.4. The maximum Gasteiger partial charge on any atom is 0.255 e. The molecule has 7 nitrogen and oxygen atoms in total. The van der Waals surface area contributed by atoms with Crippen LogP contribution in [-0.2, 0) is 16.1 Å². The minimum absolute atomic E-state index is 0.259. The monoisotopic (exact) mass is 422 g/mol. The highest BCUT2D eigenvalue weighted by molar-refractivity contribution is 6.06. The summed E-state index contributed by atoms with van der Waals surface area (Å²) >= 11 is 0. The molecule has 0 radical (unpaired) electrons. The van der Waals surface area contributed by atoms with E-state index in [1.807, 2.05) is 24.3 Å². The van der Waals surface area contributed by atoms with Crippen molar-refractivity contribution < 1.29 is 14.4 Å². The van der Waals surface area contributed by atoms with Crippen LogP contribution in [0.3, 0.4) is 0 Å². The number of amides is 3. The molecule has 0 bridgehead atoms. The van der Waals surface area contributed by atoms with Crippen LogP contribution in [0.5, 0.6) is 0 Å². The number of carbonyl (C=O) groups excluding carboxylic acids is 3. The first-order valence-electron chi connectivity index (χ1n) is 10.6. The van der Waals surface area contributed by atoms with Gasteiger partial charge in [0.15, 0.2) is 0 Å². The number of nitrogens with zero attached hydrogens (tertiary/aromatic N) is 1. The van der Waals surface area contributed by atoms with E-state index in [1.54, 1.807) is 18.2 Å². The van der Waals surface area contributed by atoms with E-state index in [1.165, 1.54) is 32.3 Å². The third-order valence-corrected chi connectivity index (χ3v) is 5.33. The van der Waals surface area contributed by atoms with Crippen molar-refractivity contribution in [1.29, 1.82) is 0 Å². The van der Waals surface area contributed by atoms with E-state index >= 15 is 0 Å². The van der Waals surface area contributed by atoms with Crippen molar-refractivity contribution in [3.8, 4) is 0 Å². The molecule has 1 heterocycles. The van der Waals surface area contributed by atoms with Crippen molar-refractivity contribution in [1.82, 2.24) is 4.90 Å². The van der Waals surface area contributed by atoms with Crippen LogP contribution in [0.4, 0.5) is 17.1 Å². The van der Waals surface area contributed by atoms with Crippen molar-refractivity contribution in [3.05, 3.63) is 53.6 Å². The lowest BCUT2D eigenvalue weighted by atomic mass is 9.99. The van der Waals surface area contributed by atoms with Crippen LogP contribution in [0.2, 0.25) is 0 Å². The third kappa shape index (κ3) is 6.93. The van der Waals surface area contributed by atoms with Gasteiger partial charge in [-0.05, 0) is 67.7 Å². The zero-order valence-electron chi connectivity index (χ0n) is 18.3. The van der Waals surface area contributed by atoms with Crippen molar-refractivity contribution in [2.24, 2.45) is 5.92 Å². The first kappa shape index (κ1) is 22.5. The number of nitrogens with one attached hydrogen (secondary N) is 3. The van der Waals surface area contributed by atoms with Gasteiger partial charge in [-0.3, -0.25) is 19.3 Å². The molecular weight excluding hydrogens is 392 g/mol. The van der Waals surface area contributed by atoms with Gasteiger partial charge in [0.05, 0.1) is 0 Å². The Kier molecular flexibility index (Phi) is 7.41. The van der Waals surface area contributed by atoms with Crippen molar-refractivity contribution in [3.63, 3.8) is 0 Å². The van der Waals surface area contributed by atoms with E-state index in [0.717, 1.165) is 25.6 Å². The van der Waals surface area contributed by atoms with Crippen LogP contribution in [0.1, 0.15) is 49.5 Å². The van der Waals surface area contributed by atoms with Gasteiger partial charge in [-0.25, -0.2) is 0 Å². The average Bonchev–Trinajstić information content (AvgIpc) is 2.70. The molecule has 3 amide bonds. The molecule has 1 aliphatic heterocycles. The van der Waals surface area contributed by atoms with Gasteiger partial charge in [0.25, 0.3) is 5.91 Å². The Morgan fingerprint density at radius 2 is 1.39 bits per heavy atom. The lowest BCUT2D eigenvalue weighted by Crippen LogP contribution is -2.32. The van der Waals surface area contributed by atoms with Gasteiger partial charge in [0.1, 0.15) is 0 Å². The van der Waals surface area contributed by atoms with E-state index in [0.29, 0.717) is 22.6 Å². The summed E-state index contributed by atoms with van der Waals surface area (Å²) in [5.41, 5.74) is 3.12. The molecule has 0 atom stereocenters. The number of anilines is 3. The van der Waals surface area contributed by atoms with E-state index in [4.69, 9.17) is 0 Å². The molecule has 1 fully saturated rings. The van der Waals surface area contributed by atoms with Gasteiger partial charge >= 0.3 is 0 Å². The molecule has 31 heavy (non-hydrogen) atoms. The summed E-state index contributed by atoms with van der Waals surface area (Å²) in [4.78, 5) is 38.1. The summed E-state index contributed by atoms with van der Waals surface area (Å²) < 4.78 is 0. The lowest BCUT2D eigenvalue weighted by Gasteiger charge is -2.30. The molecule has 2 aromatic carbocycles. The van der Waals surface area contributed by atoms with E-state index in [2.05, 4.69) is 27.8 Å². The van der Waals surface area contributed by atoms with Crippen LogP contribution in [0.25, 0.3) is 0 Å². The van der Waals surface area contributed by atoms with E-state index in [9.17, 15) is 14.4 Å². The Bertz CT molecular complexity index is 914. The highest BCUT2D eigenvalue weighted by Gasteiger charge is 2.16. The highest BCUT2D eigenvalue weighted by Crippen LogP contribution is 2.22. The number of carbonyl (C=O) groups is 3. The molecule has 3 N–H and O–H groups in total. The number of benzene rings is 2. The first-order chi connectivity index (χ1) is 14.8. The Labute approximate surface area is 183 Å². The van der Waals surface area contributed by atoms with Gasteiger partial charge < -0.3 is 16.0 Å². The van der Waals surface area contributed by atoms with Crippen LogP contribution in [0.15, 0.2) is 42.5 Å². The Morgan fingerprint density at radius 3 is 1.90 bits per heavy atom. The van der Waals surface area contributed by atoms with Gasteiger partial charge in [-0.2, -0.15) is 0 Å². The second kappa shape index (κ2) is 10.2. The Hall–Kier alpha value is -3.19. The number of piperidine rings is 1. The maximum atomic E-state index is 12.8. The second-order valence-corrected chi connectivity index (χ2v) is 8.27. The van der Waals surface area contributed by atoms with E-state index < -0.39 is 0 Å². The molecule has 7 heteroatoms. The standard InChI is InChI=1S/C24H30N4O3/c1-16-8-10-28(11-9-16)15-19-4-6-21(7-5-19)27-24(31)20-12-22(25-17(2)29)14-23(13-20)26-18(3)30/h4-7,12-14,16H,8-11,15H2,1-3H3,(H,25,29)(H,26,30)(H,27,31). The number of hydrogen-bond acceptors (Lipinski definition) is 4. The van der Waals surface area contributed by atoms with E-state index in [-0.39, 0.29) is 17.7 Å². The third-order valence-electron chi connectivity index (χ3n) is 5.33. The molecular formula is C24H30N4O3. The molecule has 0 aromatic heterocycles. The van der Waals surface area contributed by atoms with Crippen molar-refractivity contribution in [2.75, 3.05) is 29.0 Å². The minimum atomic E-state index is -0.323. The summed E-state index contributed by atoms with van der Waals surface area (Å²) in [6, 6.07) is 12.6. The topological polar surface area (TPSA) is 90.5 Å². The summed E-state index contributed by atoms with van der Waals surface area (Å²) in [6.45, 7) is 8.25. The predicted octanol–water partition coefficient (Wildman–Crippen LogP) is 4.09. The molecule has 0 aliphatic carbocycles. The van der Waals surface area contributed by atoms with Crippen LogP contribution in [-0.4, -0.2) is 35.7 Å². The average molecular weight is 423 g/mol. The largest absolute Gasteiger partial charge is 0.326 e. The van der Waals surface area contributed by atoms with Gasteiger partial charge in [0.2, 0.25) is 11.8 Å². The van der Waals surface area contributed by atoms with Crippen molar-refractivity contribution >= 4 is 34.8 Å². The molecule has 3 rings (SSSR count). The molecule has 0 unspecified atom stereocenters. The van der Waals surface area contributed by atoms with Crippen LogP contribution >= 0.6 is 0 Å². The fraction of sp³-hybridized carbons (Fsp3) is 0.375. The molecule has 164 valence electrons. The highest BCUT2D eigenvalue weighted by atomic mass is 16.2. The fourth-order valence-corrected chi connectivity index (χ4v) is 3.68. The predicted molar refractivity (Wildman–Crippen MR) is 123 cm³/mol. The molecule has 1 aliphatic rings. The van der Waals surface area contributed by atoms with Crippen LogP contribution < -0.4 is 16.0 Å². The summed E-state index contributed by atoms with van der Waals surface area (Å²) in [5, 5.41) is 8.18. The quantitative estimate of drug-likeness (QED) is 0.654. The SMILES string of the molecule is CC(=O)Nc1cc(NC(C)=O)cc(C(=O)Nc2ccc(CN3CCC(C)CC3)cc2)c1. The molecule has 2 aromatic rings. The smallest absolute Gasteiger partial charge is 0.255 e. The number of rotatable bonds is 6. The maximum absolute atomic E-state index is 12.8. The Balaban J connectivity index is 1.67. The summed E-state index contributed by atoms with van der Waals surface area (Å²) in [6.07, 6.45) is 2.48. The summed E-state index contributed by atoms with van der Waals surface area (Å²) in [7, 11) is 0. The second-order valence-electron chi connectivity index (χ2n) is 8.27. The molecule has 0 spiro atoms. The van der Waals surface area contributed by atoms with Crippen LogP contribution in [0, 0.1) is 5.92 Å². The molecule has 0 saturated carbocycles. The molecule has 1 saturated heterocycles. The first-order valence-corrected chi connectivity index (χ1v) is 10.6. The zero-order valence-corrected chi connectivity index (χ0v) is 18.3. The van der Waals surface area contributed by atoms with Gasteiger partial charge in [0, 0.05) is 43.0 Å². The number of likely N-dealkylation sites (tertiary alicyclic amines) is 1. The Morgan fingerprint density at radius 1 is 0.839 bits per heavy atom. The van der Waals surface area contributed by atoms with Gasteiger partial charge in [-0.15, -0.1) is 0 Å². The van der Waals surface area contributed by atoms with Gasteiger partial charge in [-0.1, -0.05) is 19.1 Å². The lowest BCUT2D eigenvalue weighted by molar-refractivity contribution is -0.115. The normalized spacial score (nSPS) is 14.7. The summed E-state index contributed by atoms with van der Waals surface area (Å²) in [5.74, 6) is -0.0316. The number of hydrogen-bond donors (Lipinski definition) is 3. The fourth-order valence-electron chi connectivity index (χ4n) is 3.68. The minimum Gasteiger partial charge on any atom is -0.326 e.